The SMILES string of the molecule is CCN(CC)CCNC1(CN)CC(C)C1. The van der Waals surface area contributed by atoms with E-state index in [0.29, 0.717) is 0 Å². The third kappa shape index (κ3) is 3.44. The van der Waals surface area contributed by atoms with Crippen LogP contribution in [0.1, 0.15) is 33.6 Å². The first-order valence-corrected chi connectivity index (χ1v) is 6.33. The van der Waals surface area contributed by atoms with E-state index in [1.54, 1.807) is 0 Å². The fourth-order valence-corrected chi connectivity index (χ4v) is 2.68. The summed E-state index contributed by atoms with van der Waals surface area (Å²) in [7, 11) is 0. The van der Waals surface area contributed by atoms with Gasteiger partial charge in [0, 0.05) is 25.2 Å². The van der Waals surface area contributed by atoms with Crippen LogP contribution in [-0.2, 0) is 0 Å². The smallest absolute Gasteiger partial charge is 0.0309 e. The van der Waals surface area contributed by atoms with Crippen molar-refractivity contribution in [2.24, 2.45) is 11.7 Å². The van der Waals surface area contributed by atoms with Crippen molar-refractivity contribution in [1.82, 2.24) is 10.2 Å². The van der Waals surface area contributed by atoms with Gasteiger partial charge in [0.1, 0.15) is 0 Å². The molecule has 0 unspecified atom stereocenters. The van der Waals surface area contributed by atoms with Gasteiger partial charge in [-0.05, 0) is 31.8 Å². The topological polar surface area (TPSA) is 41.3 Å². The predicted molar refractivity (Wildman–Crippen MR) is 66.0 cm³/mol. The maximum absolute atomic E-state index is 5.84. The minimum atomic E-state index is 0.270. The number of nitrogens with zero attached hydrogens (tertiary/aromatic N) is 1. The minimum absolute atomic E-state index is 0.270. The Kier molecular flexibility index (Phi) is 5.03. The number of rotatable bonds is 7. The van der Waals surface area contributed by atoms with Gasteiger partial charge >= 0.3 is 0 Å². The summed E-state index contributed by atoms with van der Waals surface area (Å²) in [6.45, 7) is 12.0. The normalized spacial score (nSPS) is 30.6. The van der Waals surface area contributed by atoms with Crippen LogP contribution in [0.25, 0.3) is 0 Å². The molecule has 90 valence electrons. The molecule has 0 spiro atoms. The molecule has 1 aliphatic carbocycles. The quantitative estimate of drug-likeness (QED) is 0.664. The first-order chi connectivity index (χ1) is 7.15. The van der Waals surface area contributed by atoms with Crippen molar-refractivity contribution in [2.75, 3.05) is 32.7 Å². The zero-order chi connectivity index (χ0) is 11.3. The van der Waals surface area contributed by atoms with Gasteiger partial charge in [0.15, 0.2) is 0 Å². The number of hydrogen-bond acceptors (Lipinski definition) is 3. The van der Waals surface area contributed by atoms with E-state index in [1.165, 1.54) is 12.8 Å². The summed E-state index contributed by atoms with van der Waals surface area (Å²) in [5.41, 5.74) is 6.11. The van der Waals surface area contributed by atoms with Crippen molar-refractivity contribution < 1.29 is 0 Å². The summed E-state index contributed by atoms with van der Waals surface area (Å²) >= 11 is 0. The fourth-order valence-electron chi connectivity index (χ4n) is 2.68. The molecule has 0 radical (unpaired) electrons. The summed E-state index contributed by atoms with van der Waals surface area (Å²) in [5, 5.41) is 3.65. The first kappa shape index (κ1) is 12.9. The second kappa shape index (κ2) is 5.83. The van der Waals surface area contributed by atoms with Crippen LogP contribution in [0, 0.1) is 5.92 Å². The molecule has 1 saturated carbocycles. The predicted octanol–water partition coefficient (Wildman–Crippen LogP) is 1.05. The lowest BCUT2D eigenvalue weighted by atomic mass is 9.69. The van der Waals surface area contributed by atoms with Gasteiger partial charge in [0.2, 0.25) is 0 Å². The van der Waals surface area contributed by atoms with Gasteiger partial charge in [-0.15, -0.1) is 0 Å². The Hall–Kier alpha value is -0.120. The van der Waals surface area contributed by atoms with Gasteiger partial charge in [-0.3, -0.25) is 0 Å². The molecule has 0 aromatic carbocycles. The van der Waals surface area contributed by atoms with E-state index in [-0.39, 0.29) is 5.54 Å². The van der Waals surface area contributed by atoms with Crippen molar-refractivity contribution in [3.8, 4) is 0 Å². The molecule has 0 heterocycles. The first-order valence-electron chi connectivity index (χ1n) is 6.33. The van der Waals surface area contributed by atoms with Crippen LogP contribution in [0.15, 0.2) is 0 Å². The lowest BCUT2D eigenvalue weighted by Crippen LogP contribution is -2.60. The molecule has 3 nitrogen and oxygen atoms in total. The summed E-state index contributed by atoms with van der Waals surface area (Å²) < 4.78 is 0. The molecule has 0 aromatic heterocycles. The third-order valence-electron chi connectivity index (χ3n) is 3.69. The fraction of sp³-hybridized carbons (Fsp3) is 1.00. The van der Waals surface area contributed by atoms with E-state index in [9.17, 15) is 0 Å². The van der Waals surface area contributed by atoms with E-state index in [1.807, 2.05) is 0 Å². The van der Waals surface area contributed by atoms with Gasteiger partial charge < -0.3 is 16.0 Å². The van der Waals surface area contributed by atoms with Crippen molar-refractivity contribution in [1.29, 1.82) is 0 Å². The Bertz CT molecular complexity index is 172. The Labute approximate surface area is 94.4 Å². The second-order valence-electron chi connectivity index (χ2n) is 4.95. The van der Waals surface area contributed by atoms with E-state index >= 15 is 0 Å². The van der Waals surface area contributed by atoms with Gasteiger partial charge in [-0.2, -0.15) is 0 Å². The highest BCUT2D eigenvalue weighted by Crippen LogP contribution is 2.36. The lowest BCUT2D eigenvalue weighted by Gasteiger charge is -2.47. The number of nitrogens with two attached hydrogens (primary N) is 1. The van der Waals surface area contributed by atoms with Gasteiger partial charge in [0.05, 0.1) is 0 Å². The van der Waals surface area contributed by atoms with Crippen LogP contribution in [-0.4, -0.2) is 43.2 Å². The molecule has 0 amide bonds. The Morgan fingerprint density at radius 3 is 2.33 bits per heavy atom. The molecule has 0 saturated heterocycles. The molecule has 1 aliphatic rings. The molecule has 3 heteroatoms. The number of likely N-dealkylation sites (N-methyl/N-ethyl adjacent to an activating group) is 1. The standard InChI is InChI=1S/C12H27N3/c1-4-15(5-2)7-6-14-12(10-13)8-11(3)9-12/h11,14H,4-10,13H2,1-3H3. The highest BCUT2D eigenvalue weighted by molar-refractivity contribution is 5.00. The Balaban J connectivity index is 2.18. The van der Waals surface area contributed by atoms with Crippen molar-refractivity contribution in [3.05, 3.63) is 0 Å². The molecule has 0 aromatic rings. The molecular formula is C12H27N3. The largest absolute Gasteiger partial charge is 0.329 e. The van der Waals surface area contributed by atoms with E-state index in [4.69, 9.17) is 5.73 Å². The summed E-state index contributed by atoms with van der Waals surface area (Å²) in [5.74, 6) is 0.856. The van der Waals surface area contributed by atoms with Gasteiger partial charge in [0.25, 0.3) is 0 Å². The molecule has 0 atom stereocenters. The molecule has 1 fully saturated rings. The average Bonchev–Trinajstić information content (AvgIpc) is 2.21. The monoisotopic (exact) mass is 213 g/mol. The summed E-state index contributed by atoms with van der Waals surface area (Å²) in [6, 6.07) is 0. The van der Waals surface area contributed by atoms with Crippen LogP contribution >= 0.6 is 0 Å². The molecular weight excluding hydrogens is 186 g/mol. The van der Waals surface area contributed by atoms with Gasteiger partial charge in [-0.1, -0.05) is 20.8 Å². The Morgan fingerprint density at radius 1 is 1.33 bits per heavy atom. The Morgan fingerprint density at radius 2 is 1.93 bits per heavy atom. The number of hydrogen-bond donors (Lipinski definition) is 2. The highest BCUT2D eigenvalue weighted by Gasteiger charge is 2.39. The van der Waals surface area contributed by atoms with E-state index in [2.05, 4.69) is 31.0 Å². The van der Waals surface area contributed by atoms with Crippen molar-refractivity contribution >= 4 is 0 Å². The number of nitrogens with one attached hydrogen (secondary N) is 1. The average molecular weight is 213 g/mol. The van der Waals surface area contributed by atoms with Crippen LogP contribution < -0.4 is 11.1 Å². The van der Waals surface area contributed by atoms with Crippen molar-refractivity contribution in [3.63, 3.8) is 0 Å². The van der Waals surface area contributed by atoms with E-state index < -0.39 is 0 Å². The van der Waals surface area contributed by atoms with Crippen LogP contribution in [0.2, 0.25) is 0 Å². The van der Waals surface area contributed by atoms with Crippen LogP contribution in [0.5, 0.6) is 0 Å². The maximum Gasteiger partial charge on any atom is 0.0309 e. The zero-order valence-electron chi connectivity index (χ0n) is 10.6. The van der Waals surface area contributed by atoms with Crippen molar-refractivity contribution in [2.45, 2.75) is 39.2 Å². The zero-order valence-corrected chi connectivity index (χ0v) is 10.6. The summed E-state index contributed by atoms with van der Waals surface area (Å²) in [4.78, 5) is 2.44. The molecule has 0 aliphatic heterocycles. The van der Waals surface area contributed by atoms with E-state index in [0.717, 1.165) is 38.6 Å². The van der Waals surface area contributed by atoms with Crippen LogP contribution in [0.4, 0.5) is 0 Å². The molecule has 0 bridgehead atoms. The maximum atomic E-state index is 5.84. The third-order valence-corrected chi connectivity index (χ3v) is 3.69. The molecule has 15 heavy (non-hydrogen) atoms. The summed E-state index contributed by atoms with van der Waals surface area (Å²) in [6.07, 6.45) is 2.50. The highest BCUT2D eigenvalue weighted by atomic mass is 15.1. The molecule has 3 N–H and O–H groups in total. The lowest BCUT2D eigenvalue weighted by molar-refractivity contribution is 0.119. The van der Waals surface area contributed by atoms with Gasteiger partial charge in [-0.25, -0.2) is 0 Å². The molecule has 1 rings (SSSR count). The van der Waals surface area contributed by atoms with Crippen LogP contribution in [0.3, 0.4) is 0 Å². The minimum Gasteiger partial charge on any atom is -0.329 e. The second-order valence-corrected chi connectivity index (χ2v) is 4.95.